The number of nitrogens with zero attached hydrogens (tertiary/aromatic N) is 1. The minimum atomic E-state index is -0.997. The molecule has 1 aliphatic carbocycles. The Balaban J connectivity index is 1.91. The first kappa shape index (κ1) is 14.7. The Morgan fingerprint density at radius 1 is 1.23 bits per heavy atom. The van der Waals surface area contributed by atoms with E-state index in [1.54, 1.807) is 12.1 Å². The molecule has 2 aromatic rings. The van der Waals surface area contributed by atoms with Gasteiger partial charge < -0.3 is 5.32 Å². The van der Waals surface area contributed by atoms with Crippen LogP contribution in [0.1, 0.15) is 39.4 Å². The zero-order valence-corrected chi connectivity index (χ0v) is 12.3. The van der Waals surface area contributed by atoms with Gasteiger partial charge in [-0.1, -0.05) is 6.07 Å². The predicted octanol–water partition coefficient (Wildman–Crippen LogP) is 3.71. The zero-order chi connectivity index (χ0) is 15.7. The molecule has 0 bridgehead atoms. The number of nitriles is 1. The third kappa shape index (κ3) is 2.38. The number of benzene rings is 1. The van der Waals surface area contributed by atoms with Crippen molar-refractivity contribution in [2.45, 2.75) is 24.8 Å². The molecule has 1 aromatic carbocycles. The first-order chi connectivity index (χ1) is 10.6. The van der Waals surface area contributed by atoms with Crippen LogP contribution in [0.25, 0.3) is 0 Å². The molecule has 0 atom stereocenters. The molecular formula is C16H12F2N2OS. The third-order valence-corrected chi connectivity index (χ3v) is 4.93. The van der Waals surface area contributed by atoms with Gasteiger partial charge in [-0.25, -0.2) is 8.78 Å². The molecule has 3 nitrogen and oxygen atoms in total. The summed E-state index contributed by atoms with van der Waals surface area (Å²) in [5.41, 5.74) is -1.07. The number of nitrogens with one attached hydrogen (secondary N) is 1. The molecule has 1 aromatic heterocycles. The highest BCUT2D eigenvalue weighted by Gasteiger charge is 2.44. The molecule has 6 heteroatoms. The number of hydrogen-bond donors (Lipinski definition) is 1. The van der Waals surface area contributed by atoms with Crippen LogP contribution in [0.3, 0.4) is 0 Å². The van der Waals surface area contributed by atoms with Crippen molar-refractivity contribution in [3.05, 3.63) is 57.3 Å². The topological polar surface area (TPSA) is 52.9 Å². The van der Waals surface area contributed by atoms with Gasteiger partial charge in [-0.2, -0.15) is 5.26 Å². The van der Waals surface area contributed by atoms with Gasteiger partial charge in [0.25, 0.3) is 5.91 Å². The number of carbonyl (C=O) groups excluding carboxylic acids is 1. The Morgan fingerprint density at radius 3 is 2.41 bits per heavy atom. The van der Waals surface area contributed by atoms with Crippen LogP contribution in [0.15, 0.2) is 30.3 Å². The Bertz CT molecular complexity index is 754. The second kappa shape index (κ2) is 5.50. The maximum Gasteiger partial charge on any atom is 0.262 e. The van der Waals surface area contributed by atoms with Crippen molar-refractivity contribution in [2.24, 2.45) is 0 Å². The SMILES string of the molecule is N#Cc1ccc(C(=O)NC2(c3c(F)cccc3F)CCC2)s1. The Morgan fingerprint density at radius 2 is 1.91 bits per heavy atom. The second-order valence-corrected chi connectivity index (χ2v) is 6.35. The average molecular weight is 318 g/mol. The molecule has 0 aliphatic heterocycles. The van der Waals surface area contributed by atoms with Crippen molar-refractivity contribution >= 4 is 17.2 Å². The van der Waals surface area contributed by atoms with Gasteiger partial charge >= 0.3 is 0 Å². The summed E-state index contributed by atoms with van der Waals surface area (Å²) in [6, 6.07) is 8.76. The van der Waals surface area contributed by atoms with E-state index in [2.05, 4.69) is 5.32 Å². The summed E-state index contributed by atoms with van der Waals surface area (Å²) in [6.45, 7) is 0. The summed E-state index contributed by atoms with van der Waals surface area (Å²) < 4.78 is 28.1. The van der Waals surface area contributed by atoms with Gasteiger partial charge in [0.05, 0.1) is 10.4 Å². The minimum Gasteiger partial charge on any atom is -0.342 e. The molecule has 1 aliphatic rings. The van der Waals surface area contributed by atoms with Gasteiger partial charge in [-0.05, 0) is 43.5 Å². The number of carbonyl (C=O) groups is 1. The van der Waals surface area contributed by atoms with Crippen LogP contribution in [0, 0.1) is 23.0 Å². The maximum atomic E-state index is 14.0. The van der Waals surface area contributed by atoms with E-state index >= 15 is 0 Å². The molecule has 22 heavy (non-hydrogen) atoms. The minimum absolute atomic E-state index is 0.0772. The smallest absolute Gasteiger partial charge is 0.262 e. The monoisotopic (exact) mass is 318 g/mol. The van der Waals surface area contributed by atoms with Crippen LogP contribution in [0.2, 0.25) is 0 Å². The standard InChI is InChI=1S/C16H12F2N2OS/c17-11-3-1-4-12(18)14(11)16(7-2-8-16)20-15(21)13-6-5-10(9-19)22-13/h1,3-6H,2,7-8H2,(H,20,21). The molecule has 3 rings (SSSR count). The number of thiophene rings is 1. The lowest BCUT2D eigenvalue weighted by atomic mass is 9.71. The Labute approximate surface area is 130 Å². The molecular weight excluding hydrogens is 306 g/mol. The first-order valence-corrected chi connectivity index (χ1v) is 7.64. The van der Waals surface area contributed by atoms with E-state index in [0.29, 0.717) is 22.6 Å². The lowest BCUT2D eigenvalue weighted by Crippen LogP contribution is -2.51. The van der Waals surface area contributed by atoms with Gasteiger partial charge in [0.2, 0.25) is 0 Å². The number of amides is 1. The van der Waals surface area contributed by atoms with Crippen molar-refractivity contribution in [2.75, 3.05) is 0 Å². The summed E-state index contributed by atoms with van der Waals surface area (Å²) in [6.07, 6.45) is 1.78. The van der Waals surface area contributed by atoms with Crippen LogP contribution in [0.5, 0.6) is 0 Å². The fourth-order valence-corrected chi connectivity index (χ4v) is 3.42. The van der Waals surface area contributed by atoms with Crippen molar-refractivity contribution in [1.29, 1.82) is 5.26 Å². The van der Waals surface area contributed by atoms with Crippen LogP contribution in [0.4, 0.5) is 8.78 Å². The van der Waals surface area contributed by atoms with Crippen LogP contribution >= 0.6 is 11.3 Å². The molecule has 1 N–H and O–H groups in total. The van der Waals surface area contributed by atoms with E-state index in [4.69, 9.17) is 5.26 Å². The first-order valence-electron chi connectivity index (χ1n) is 6.83. The molecule has 1 fully saturated rings. The summed E-state index contributed by atoms with van der Waals surface area (Å²) >= 11 is 1.06. The number of halogens is 2. The molecule has 0 saturated heterocycles. The lowest BCUT2D eigenvalue weighted by Gasteiger charge is -2.43. The summed E-state index contributed by atoms with van der Waals surface area (Å²) in [5.74, 6) is -1.71. The molecule has 0 radical (unpaired) electrons. The van der Waals surface area contributed by atoms with Crippen LogP contribution in [-0.4, -0.2) is 5.91 Å². The van der Waals surface area contributed by atoms with E-state index < -0.39 is 23.1 Å². The molecule has 0 spiro atoms. The maximum absolute atomic E-state index is 14.0. The molecule has 1 saturated carbocycles. The van der Waals surface area contributed by atoms with Crippen LogP contribution in [-0.2, 0) is 5.54 Å². The van der Waals surface area contributed by atoms with E-state index in [0.717, 1.165) is 17.8 Å². The summed E-state index contributed by atoms with van der Waals surface area (Å²) in [7, 11) is 0. The van der Waals surface area contributed by atoms with Crippen molar-refractivity contribution < 1.29 is 13.6 Å². The van der Waals surface area contributed by atoms with E-state index in [-0.39, 0.29) is 5.56 Å². The largest absolute Gasteiger partial charge is 0.342 e. The normalized spacial score (nSPS) is 15.7. The van der Waals surface area contributed by atoms with E-state index in [1.165, 1.54) is 18.2 Å². The quantitative estimate of drug-likeness (QED) is 0.938. The van der Waals surface area contributed by atoms with E-state index in [9.17, 15) is 13.6 Å². The fraction of sp³-hybridized carbons (Fsp3) is 0.250. The number of hydrogen-bond acceptors (Lipinski definition) is 3. The van der Waals surface area contributed by atoms with Gasteiger partial charge in [0.1, 0.15) is 22.6 Å². The highest BCUT2D eigenvalue weighted by Crippen LogP contribution is 2.43. The van der Waals surface area contributed by atoms with Gasteiger partial charge in [0.15, 0.2) is 0 Å². The van der Waals surface area contributed by atoms with Crippen LogP contribution < -0.4 is 5.32 Å². The van der Waals surface area contributed by atoms with Crippen molar-refractivity contribution in [3.63, 3.8) is 0 Å². The molecule has 1 heterocycles. The Hall–Kier alpha value is -2.26. The second-order valence-electron chi connectivity index (χ2n) is 5.26. The fourth-order valence-electron chi connectivity index (χ4n) is 2.72. The predicted molar refractivity (Wildman–Crippen MR) is 78.4 cm³/mol. The van der Waals surface area contributed by atoms with Gasteiger partial charge in [-0.3, -0.25) is 4.79 Å². The highest BCUT2D eigenvalue weighted by molar-refractivity contribution is 7.14. The average Bonchev–Trinajstić information content (AvgIpc) is 2.93. The third-order valence-electron chi connectivity index (χ3n) is 3.94. The van der Waals surface area contributed by atoms with Crippen molar-refractivity contribution in [3.8, 4) is 6.07 Å². The molecule has 1 amide bonds. The highest BCUT2D eigenvalue weighted by atomic mass is 32.1. The van der Waals surface area contributed by atoms with Gasteiger partial charge in [0, 0.05) is 5.56 Å². The Kier molecular flexibility index (Phi) is 3.67. The number of rotatable bonds is 3. The van der Waals surface area contributed by atoms with Gasteiger partial charge in [-0.15, -0.1) is 11.3 Å². The van der Waals surface area contributed by atoms with E-state index in [1.807, 2.05) is 6.07 Å². The zero-order valence-electron chi connectivity index (χ0n) is 11.5. The summed E-state index contributed by atoms with van der Waals surface area (Å²) in [5, 5.41) is 11.6. The van der Waals surface area contributed by atoms with Crippen molar-refractivity contribution in [1.82, 2.24) is 5.32 Å². The molecule has 112 valence electrons. The summed E-state index contributed by atoms with van der Waals surface area (Å²) in [4.78, 5) is 13.1. The lowest BCUT2D eigenvalue weighted by molar-refractivity contribution is 0.0816. The molecule has 0 unspecified atom stereocenters.